The third kappa shape index (κ3) is 3.48. The lowest BCUT2D eigenvalue weighted by Crippen LogP contribution is -2.47. The summed E-state index contributed by atoms with van der Waals surface area (Å²) in [5, 5.41) is 0.0254. The van der Waals surface area contributed by atoms with E-state index in [2.05, 4.69) is 4.98 Å². The molecule has 2 aromatic rings. The second-order valence-corrected chi connectivity index (χ2v) is 7.09. The molecule has 25 heavy (non-hydrogen) atoms. The van der Waals surface area contributed by atoms with Crippen LogP contribution in [0.5, 0.6) is 0 Å². The van der Waals surface area contributed by atoms with Gasteiger partial charge in [-0.15, -0.1) is 0 Å². The number of benzene rings is 1. The van der Waals surface area contributed by atoms with E-state index >= 15 is 0 Å². The fourth-order valence-electron chi connectivity index (χ4n) is 3.30. The predicted octanol–water partition coefficient (Wildman–Crippen LogP) is 3.02. The number of aromatic amines is 1. The molecule has 6 heteroatoms. The van der Waals surface area contributed by atoms with Crippen molar-refractivity contribution in [1.82, 2.24) is 9.88 Å². The minimum atomic E-state index is -0.391. The molecule has 1 aromatic heterocycles. The van der Waals surface area contributed by atoms with Crippen LogP contribution in [0.2, 0.25) is 5.02 Å². The number of amides is 1. The molecular weight excluding hydrogens is 340 g/mol. The number of carbonyl (C=O) groups is 1. The molecule has 1 aromatic carbocycles. The van der Waals surface area contributed by atoms with Gasteiger partial charge in [0.25, 0.3) is 11.5 Å². The van der Waals surface area contributed by atoms with Crippen molar-refractivity contribution in [1.29, 1.82) is 0 Å². The Hall–Kier alpha value is -2.11. The Balaban J connectivity index is 1.59. The number of pyridine rings is 1. The molecule has 1 amide bonds. The molecule has 1 aliphatic carbocycles. The molecule has 2 atom stereocenters. The Labute approximate surface area is 150 Å². The number of morpholine rings is 1. The molecule has 1 saturated carbocycles. The third-order valence-corrected chi connectivity index (χ3v) is 5.12. The van der Waals surface area contributed by atoms with E-state index in [1.807, 2.05) is 35.2 Å². The number of carbonyl (C=O) groups excluding carboxylic acids is 1. The molecule has 2 aliphatic rings. The van der Waals surface area contributed by atoms with E-state index in [0.29, 0.717) is 24.6 Å². The van der Waals surface area contributed by atoms with Gasteiger partial charge in [0.15, 0.2) is 0 Å². The summed E-state index contributed by atoms with van der Waals surface area (Å²) in [7, 11) is 0. The number of H-pyrrole nitrogens is 1. The van der Waals surface area contributed by atoms with Crippen LogP contribution in [0.1, 0.15) is 34.9 Å². The van der Waals surface area contributed by atoms with E-state index in [1.165, 1.54) is 12.3 Å². The molecule has 1 saturated heterocycles. The van der Waals surface area contributed by atoms with Gasteiger partial charge in [-0.25, -0.2) is 0 Å². The van der Waals surface area contributed by atoms with Crippen molar-refractivity contribution in [3.8, 4) is 0 Å². The summed E-state index contributed by atoms with van der Waals surface area (Å²) in [5.41, 5.74) is 1.08. The highest BCUT2D eigenvalue weighted by Gasteiger charge is 2.40. The van der Waals surface area contributed by atoms with Gasteiger partial charge < -0.3 is 14.6 Å². The SMILES string of the molecule is O=C(c1c[nH]c(=O)c(Cl)c1)N1CC(c2ccccc2)OC(C2CC2)C1. The molecule has 0 bridgehead atoms. The van der Waals surface area contributed by atoms with Crippen molar-refractivity contribution < 1.29 is 9.53 Å². The van der Waals surface area contributed by atoms with Gasteiger partial charge in [0, 0.05) is 12.7 Å². The van der Waals surface area contributed by atoms with Gasteiger partial charge in [0.05, 0.1) is 18.2 Å². The number of halogens is 1. The fraction of sp³-hybridized carbons (Fsp3) is 0.368. The topological polar surface area (TPSA) is 62.4 Å². The number of ether oxygens (including phenoxy) is 1. The lowest BCUT2D eigenvalue weighted by molar-refractivity contribution is -0.0864. The van der Waals surface area contributed by atoms with E-state index in [1.54, 1.807) is 0 Å². The van der Waals surface area contributed by atoms with Crippen LogP contribution in [0.15, 0.2) is 47.4 Å². The molecule has 2 fully saturated rings. The second kappa shape index (κ2) is 6.65. The highest BCUT2D eigenvalue weighted by molar-refractivity contribution is 6.30. The number of aromatic nitrogens is 1. The Bertz CT molecular complexity index is 832. The van der Waals surface area contributed by atoms with Gasteiger partial charge in [0.2, 0.25) is 0 Å². The van der Waals surface area contributed by atoms with E-state index in [9.17, 15) is 9.59 Å². The first kappa shape index (κ1) is 16.4. The van der Waals surface area contributed by atoms with Crippen molar-refractivity contribution in [3.63, 3.8) is 0 Å². The van der Waals surface area contributed by atoms with Crippen LogP contribution in [-0.2, 0) is 4.74 Å². The molecule has 2 unspecified atom stereocenters. The Morgan fingerprint density at radius 1 is 1.20 bits per heavy atom. The fourth-order valence-corrected chi connectivity index (χ4v) is 3.47. The van der Waals surface area contributed by atoms with E-state index in [0.717, 1.165) is 18.4 Å². The molecule has 130 valence electrons. The van der Waals surface area contributed by atoms with Crippen LogP contribution in [0, 0.1) is 5.92 Å². The van der Waals surface area contributed by atoms with Gasteiger partial charge in [-0.05, 0) is 30.4 Å². The van der Waals surface area contributed by atoms with Gasteiger partial charge in [-0.2, -0.15) is 0 Å². The highest BCUT2D eigenvalue weighted by atomic mass is 35.5. The van der Waals surface area contributed by atoms with Crippen LogP contribution in [-0.4, -0.2) is 35.0 Å². The van der Waals surface area contributed by atoms with Gasteiger partial charge >= 0.3 is 0 Å². The van der Waals surface area contributed by atoms with Crippen molar-refractivity contribution >= 4 is 17.5 Å². The van der Waals surface area contributed by atoms with Crippen LogP contribution in [0.4, 0.5) is 0 Å². The van der Waals surface area contributed by atoms with Gasteiger partial charge in [-0.3, -0.25) is 9.59 Å². The summed E-state index contributed by atoms with van der Waals surface area (Å²) >= 11 is 5.87. The molecule has 0 radical (unpaired) electrons. The molecule has 0 spiro atoms. The first-order valence-corrected chi connectivity index (χ1v) is 8.87. The monoisotopic (exact) mass is 358 g/mol. The summed E-state index contributed by atoms with van der Waals surface area (Å²) in [6, 6.07) is 11.4. The van der Waals surface area contributed by atoms with Crippen LogP contribution in [0.25, 0.3) is 0 Å². The van der Waals surface area contributed by atoms with Gasteiger partial charge in [0.1, 0.15) is 11.1 Å². The van der Waals surface area contributed by atoms with Crippen LogP contribution >= 0.6 is 11.6 Å². The second-order valence-electron chi connectivity index (χ2n) is 6.69. The lowest BCUT2D eigenvalue weighted by atomic mass is 10.0. The average molecular weight is 359 g/mol. The zero-order valence-corrected chi connectivity index (χ0v) is 14.4. The molecule has 4 rings (SSSR count). The Morgan fingerprint density at radius 3 is 2.64 bits per heavy atom. The Morgan fingerprint density at radius 2 is 1.96 bits per heavy atom. The van der Waals surface area contributed by atoms with Crippen molar-refractivity contribution in [3.05, 3.63) is 69.1 Å². The zero-order valence-electron chi connectivity index (χ0n) is 13.7. The van der Waals surface area contributed by atoms with Crippen molar-refractivity contribution in [2.45, 2.75) is 25.0 Å². The minimum Gasteiger partial charge on any atom is -0.366 e. The normalized spacial score (nSPS) is 23.5. The quantitative estimate of drug-likeness (QED) is 0.917. The number of rotatable bonds is 3. The standard InChI is InChI=1S/C19H19ClN2O3/c20-15-8-14(9-21-18(15)23)19(24)22-10-16(12-4-2-1-3-5-12)25-17(11-22)13-6-7-13/h1-5,8-9,13,16-17H,6-7,10-11H2,(H,21,23). The van der Waals surface area contributed by atoms with Crippen LogP contribution in [0.3, 0.4) is 0 Å². The maximum Gasteiger partial charge on any atom is 0.266 e. The minimum absolute atomic E-state index is 0.0254. The molecule has 2 heterocycles. The first-order chi connectivity index (χ1) is 12.1. The summed E-state index contributed by atoms with van der Waals surface area (Å²) in [6.07, 6.45) is 3.65. The number of hydrogen-bond donors (Lipinski definition) is 1. The Kier molecular flexibility index (Phi) is 4.36. The molecular formula is C19H19ClN2O3. The maximum atomic E-state index is 12.9. The molecule has 1 aliphatic heterocycles. The lowest BCUT2D eigenvalue weighted by Gasteiger charge is -2.38. The maximum absolute atomic E-state index is 12.9. The average Bonchev–Trinajstić information content (AvgIpc) is 3.49. The summed E-state index contributed by atoms with van der Waals surface area (Å²) < 4.78 is 6.28. The molecule has 5 nitrogen and oxygen atoms in total. The summed E-state index contributed by atoms with van der Waals surface area (Å²) in [5.74, 6) is 0.397. The van der Waals surface area contributed by atoms with Crippen LogP contribution < -0.4 is 5.56 Å². The highest BCUT2D eigenvalue weighted by Crippen LogP contribution is 2.39. The van der Waals surface area contributed by atoms with E-state index in [4.69, 9.17) is 16.3 Å². The zero-order chi connectivity index (χ0) is 17.4. The van der Waals surface area contributed by atoms with E-state index < -0.39 is 5.56 Å². The summed E-state index contributed by atoms with van der Waals surface area (Å²) in [6.45, 7) is 1.06. The number of nitrogens with one attached hydrogen (secondary N) is 1. The molecule has 1 N–H and O–H groups in total. The smallest absolute Gasteiger partial charge is 0.266 e. The predicted molar refractivity (Wildman–Crippen MR) is 94.8 cm³/mol. The first-order valence-electron chi connectivity index (χ1n) is 8.50. The van der Waals surface area contributed by atoms with Gasteiger partial charge in [-0.1, -0.05) is 41.9 Å². The number of nitrogens with zero attached hydrogens (tertiary/aromatic N) is 1. The largest absolute Gasteiger partial charge is 0.366 e. The van der Waals surface area contributed by atoms with E-state index in [-0.39, 0.29) is 23.1 Å². The third-order valence-electron chi connectivity index (χ3n) is 4.84. The summed E-state index contributed by atoms with van der Waals surface area (Å²) in [4.78, 5) is 28.7. The van der Waals surface area contributed by atoms with Crippen molar-refractivity contribution in [2.24, 2.45) is 5.92 Å². The van der Waals surface area contributed by atoms with Crippen molar-refractivity contribution in [2.75, 3.05) is 13.1 Å². The number of hydrogen-bond acceptors (Lipinski definition) is 3.